The van der Waals surface area contributed by atoms with Crippen LogP contribution in [0.5, 0.6) is 5.75 Å². The number of hydrogen-bond donors (Lipinski definition) is 1. The van der Waals surface area contributed by atoms with Crippen LogP contribution >= 0.6 is 0 Å². The van der Waals surface area contributed by atoms with Gasteiger partial charge in [0.2, 0.25) is 0 Å². The van der Waals surface area contributed by atoms with E-state index in [0.717, 1.165) is 67.8 Å². The Kier molecular flexibility index (Phi) is 7.90. The normalized spacial score (nSPS) is 18.3. The molecule has 1 aliphatic carbocycles. The molecular formula is C36H34FN3O4. The minimum atomic E-state index is -0.945. The van der Waals surface area contributed by atoms with Gasteiger partial charge in [0.25, 0.3) is 0 Å². The Labute approximate surface area is 255 Å². The van der Waals surface area contributed by atoms with Gasteiger partial charge in [-0.3, -0.25) is 4.90 Å². The third-order valence-corrected chi connectivity index (χ3v) is 8.56. The molecule has 3 heterocycles. The van der Waals surface area contributed by atoms with Gasteiger partial charge in [-0.1, -0.05) is 36.1 Å². The lowest BCUT2D eigenvalue weighted by molar-refractivity contribution is -0.0591. The van der Waals surface area contributed by atoms with Gasteiger partial charge < -0.3 is 19.1 Å². The third-order valence-electron chi connectivity index (χ3n) is 8.56. The molecule has 0 unspecified atom stereocenters. The Balaban J connectivity index is 1.01. The highest BCUT2D eigenvalue weighted by Gasteiger charge is 2.24. The Hall–Kier alpha value is -4.45. The lowest BCUT2D eigenvalue weighted by Gasteiger charge is -2.29. The number of carboxylic acid groups (broad SMARTS) is 1. The molecule has 1 atom stereocenters. The third kappa shape index (κ3) is 6.40. The second-order valence-electron chi connectivity index (χ2n) is 11.8. The fourth-order valence-electron chi connectivity index (χ4n) is 5.68. The molecular weight excluding hydrogens is 557 g/mol. The van der Waals surface area contributed by atoms with Gasteiger partial charge in [-0.25, -0.2) is 14.2 Å². The van der Waals surface area contributed by atoms with Crippen LogP contribution in [0.1, 0.15) is 58.6 Å². The minimum absolute atomic E-state index is 0.129. The molecule has 0 amide bonds. The number of benzene rings is 3. The van der Waals surface area contributed by atoms with Gasteiger partial charge in [0.05, 0.1) is 35.8 Å². The number of aromatic carboxylic acids is 1. The smallest absolute Gasteiger partial charge is 0.335 e. The number of rotatable bonds is 9. The van der Waals surface area contributed by atoms with Gasteiger partial charge in [0, 0.05) is 36.7 Å². The standard InChI is InChI=1S/C36H34FN3O4/c37-32-18-25(7-6-24-4-5-24)8-9-29(32)23-44-30-3-1-2-27(19-30)26-12-15-39(16-13-26)22-35-38-33-11-10-28(36(41)42)20-34(33)40(35)21-31-14-17-43-31/h1-3,8-12,18-20,24,31H,4-5,13-17,21-23H2,(H,41,42)/t31-/m0/s1. The average Bonchev–Trinajstić information content (AvgIpc) is 3.78. The van der Waals surface area contributed by atoms with E-state index in [0.29, 0.717) is 35.9 Å². The summed E-state index contributed by atoms with van der Waals surface area (Å²) in [6, 6.07) is 18.2. The van der Waals surface area contributed by atoms with Crippen molar-refractivity contribution in [3.05, 3.63) is 101 Å². The Morgan fingerprint density at radius 3 is 2.73 bits per heavy atom. The second-order valence-corrected chi connectivity index (χ2v) is 11.8. The summed E-state index contributed by atoms with van der Waals surface area (Å²) in [4.78, 5) is 18.8. The summed E-state index contributed by atoms with van der Waals surface area (Å²) in [5.41, 5.74) is 5.45. The quantitative estimate of drug-likeness (QED) is 0.231. The molecule has 1 saturated carbocycles. The summed E-state index contributed by atoms with van der Waals surface area (Å²) in [6.45, 7) is 3.87. The van der Waals surface area contributed by atoms with Gasteiger partial charge in [-0.15, -0.1) is 0 Å². The fourth-order valence-corrected chi connectivity index (χ4v) is 5.68. The summed E-state index contributed by atoms with van der Waals surface area (Å²) < 4.78 is 28.5. The van der Waals surface area contributed by atoms with E-state index in [-0.39, 0.29) is 24.1 Å². The van der Waals surface area contributed by atoms with Crippen molar-refractivity contribution in [2.75, 3.05) is 19.7 Å². The van der Waals surface area contributed by atoms with E-state index >= 15 is 0 Å². The number of imidazole rings is 1. The number of ether oxygens (including phenoxy) is 2. The molecule has 44 heavy (non-hydrogen) atoms. The summed E-state index contributed by atoms with van der Waals surface area (Å²) in [7, 11) is 0. The van der Waals surface area contributed by atoms with Crippen LogP contribution in [0.25, 0.3) is 16.6 Å². The van der Waals surface area contributed by atoms with E-state index in [1.54, 1.807) is 24.3 Å². The monoisotopic (exact) mass is 591 g/mol. The molecule has 3 aromatic carbocycles. The highest BCUT2D eigenvalue weighted by molar-refractivity contribution is 5.92. The maximum atomic E-state index is 14.7. The number of hydrogen-bond acceptors (Lipinski definition) is 5. The van der Waals surface area contributed by atoms with Crippen LogP contribution in [0.15, 0.2) is 66.7 Å². The zero-order valence-electron chi connectivity index (χ0n) is 24.5. The van der Waals surface area contributed by atoms with E-state index in [1.807, 2.05) is 24.3 Å². The lowest BCUT2D eigenvalue weighted by Crippen LogP contribution is -2.33. The molecule has 0 bridgehead atoms. The van der Waals surface area contributed by atoms with Crippen LogP contribution in [0.3, 0.4) is 0 Å². The number of nitrogens with zero attached hydrogens (tertiary/aromatic N) is 3. The second kappa shape index (κ2) is 12.3. The van der Waals surface area contributed by atoms with Gasteiger partial charge >= 0.3 is 5.97 Å². The van der Waals surface area contributed by atoms with Crippen molar-refractivity contribution in [3.8, 4) is 17.6 Å². The minimum Gasteiger partial charge on any atom is -0.489 e. The Morgan fingerprint density at radius 2 is 2.00 bits per heavy atom. The van der Waals surface area contributed by atoms with Crippen molar-refractivity contribution >= 4 is 22.6 Å². The number of carboxylic acids is 1. The van der Waals surface area contributed by atoms with E-state index in [9.17, 15) is 14.3 Å². The predicted octanol–water partition coefficient (Wildman–Crippen LogP) is 6.29. The fraction of sp³-hybridized carbons (Fsp3) is 0.333. The van der Waals surface area contributed by atoms with Gasteiger partial charge in [0.1, 0.15) is 24.0 Å². The summed E-state index contributed by atoms with van der Waals surface area (Å²) >= 11 is 0. The largest absolute Gasteiger partial charge is 0.489 e. The molecule has 0 spiro atoms. The first kappa shape index (κ1) is 28.3. The van der Waals surface area contributed by atoms with Gasteiger partial charge in [-0.05, 0) is 79.3 Å². The van der Waals surface area contributed by atoms with Gasteiger partial charge in [0.15, 0.2) is 0 Å². The first-order chi connectivity index (χ1) is 21.5. The molecule has 8 heteroatoms. The van der Waals surface area contributed by atoms with Crippen molar-refractivity contribution in [3.63, 3.8) is 0 Å². The molecule has 1 N–H and O–H groups in total. The topological polar surface area (TPSA) is 76.8 Å². The molecule has 1 saturated heterocycles. The molecule has 2 fully saturated rings. The van der Waals surface area contributed by atoms with E-state index in [1.165, 1.54) is 11.6 Å². The average molecular weight is 592 g/mol. The number of halogens is 1. The molecule has 2 aliphatic heterocycles. The van der Waals surface area contributed by atoms with E-state index < -0.39 is 5.97 Å². The Bertz CT molecular complexity index is 1810. The highest BCUT2D eigenvalue weighted by Crippen LogP contribution is 2.29. The number of fused-ring (bicyclic) bond motifs is 1. The zero-order chi connectivity index (χ0) is 30.0. The van der Waals surface area contributed by atoms with E-state index in [4.69, 9.17) is 14.5 Å². The van der Waals surface area contributed by atoms with Crippen LogP contribution in [0, 0.1) is 23.6 Å². The molecule has 7 rings (SSSR count). The molecule has 0 radical (unpaired) electrons. The van der Waals surface area contributed by atoms with Crippen LogP contribution in [-0.2, 0) is 24.4 Å². The van der Waals surface area contributed by atoms with Crippen molar-refractivity contribution in [2.45, 2.75) is 51.5 Å². The molecule has 4 aromatic rings. The number of aromatic nitrogens is 2. The van der Waals surface area contributed by atoms with Crippen LogP contribution in [0.2, 0.25) is 0 Å². The maximum Gasteiger partial charge on any atom is 0.335 e. The van der Waals surface area contributed by atoms with Crippen LogP contribution in [-0.4, -0.2) is 51.3 Å². The first-order valence-corrected chi connectivity index (χ1v) is 15.3. The van der Waals surface area contributed by atoms with Crippen molar-refractivity contribution in [2.24, 2.45) is 5.92 Å². The van der Waals surface area contributed by atoms with E-state index in [2.05, 4.69) is 33.5 Å². The summed E-state index contributed by atoms with van der Waals surface area (Å²) in [5.74, 6) is 7.10. The van der Waals surface area contributed by atoms with Crippen LogP contribution < -0.4 is 4.74 Å². The predicted molar refractivity (Wildman–Crippen MR) is 166 cm³/mol. The molecule has 1 aromatic heterocycles. The molecule has 224 valence electrons. The summed E-state index contributed by atoms with van der Waals surface area (Å²) in [5, 5.41) is 9.52. The lowest BCUT2D eigenvalue weighted by atomic mass is 9.99. The van der Waals surface area contributed by atoms with Gasteiger partial charge in [-0.2, -0.15) is 0 Å². The molecule has 7 nitrogen and oxygen atoms in total. The van der Waals surface area contributed by atoms with Crippen LogP contribution in [0.4, 0.5) is 4.39 Å². The maximum absolute atomic E-state index is 14.7. The van der Waals surface area contributed by atoms with Crippen molar-refractivity contribution in [1.29, 1.82) is 0 Å². The first-order valence-electron chi connectivity index (χ1n) is 15.3. The van der Waals surface area contributed by atoms with Crippen molar-refractivity contribution in [1.82, 2.24) is 14.5 Å². The molecule has 3 aliphatic rings. The highest BCUT2D eigenvalue weighted by atomic mass is 19.1. The Morgan fingerprint density at radius 1 is 1.11 bits per heavy atom. The SMILES string of the molecule is O=C(O)c1ccc2nc(CN3CC=C(c4cccc(OCc5ccc(C#CC6CC6)cc5F)c4)CC3)n(C[C@@H]3CCO3)c2c1. The summed E-state index contributed by atoms with van der Waals surface area (Å²) in [6.07, 6.45) is 6.53. The zero-order valence-corrected chi connectivity index (χ0v) is 24.5. The van der Waals surface area contributed by atoms with Crippen molar-refractivity contribution < 1.29 is 23.8 Å². The number of carbonyl (C=O) groups is 1.